The Labute approximate surface area is 115 Å². The zero-order chi connectivity index (χ0) is 13.8. The Morgan fingerprint density at radius 1 is 1.50 bits per heavy atom. The van der Waals surface area contributed by atoms with E-state index in [4.69, 9.17) is 9.84 Å². The van der Waals surface area contributed by atoms with Crippen molar-refractivity contribution in [2.24, 2.45) is 0 Å². The maximum absolute atomic E-state index is 11.1. The summed E-state index contributed by atoms with van der Waals surface area (Å²) in [6.45, 7) is 7.03. The topological polar surface area (TPSA) is 58.6 Å². The van der Waals surface area contributed by atoms with Crippen LogP contribution in [-0.2, 0) is 4.74 Å². The van der Waals surface area contributed by atoms with Gasteiger partial charge < -0.3 is 15.2 Å². The van der Waals surface area contributed by atoms with E-state index in [9.17, 15) is 4.79 Å². The molecule has 0 unspecified atom stereocenters. The molecule has 0 fully saturated rings. The quantitative estimate of drug-likeness (QED) is 0.845. The Morgan fingerprint density at radius 2 is 2.17 bits per heavy atom. The fourth-order valence-corrected chi connectivity index (χ4v) is 1.96. The number of nitrogens with one attached hydrogen (secondary N) is 1. The van der Waals surface area contributed by atoms with Crippen molar-refractivity contribution in [3.63, 3.8) is 0 Å². The summed E-state index contributed by atoms with van der Waals surface area (Å²) in [5.74, 6) is -0.951. The Bertz CT molecular complexity index is 432. The second-order valence-electron chi connectivity index (χ2n) is 4.54. The largest absolute Gasteiger partial charge is 0.478 e. The molecule has 0 heterocycles. The fourth-order valence-electron chi connectivity index (χ4n) is 1.60. The number of aromatic carboxylic acids is 1. The van der Waals surface area contributed by atoms with Gasteiger partial charge in [0.05, 0.1) is 11.2 Å². The van der Waals surface area contributed by atoms with E-state index in [1.54, 1.807) is 12.1 Å². The van der Waals surface area contributed by atoms with E-state index in [2.05, 4.69) is 21.2 Å². The number of benzene rings is 1. The van der Waals surface area contributed by atoms with Crippen LogP contribution in [0.3, 0.4) is 0 Å². The van der Waals surface area contributed by atoms with E-state index in [0.717, 1.165) is 4.47 Å². The van der Waals surface area contributed by atoms with Crippen molar-refractivity contribution in [3.8, 4) is 0 Å². The predicted octanol–water partition coefficient (Wildman–Crippen LogP) is 3.37. The van der Waals surface area contributed by atoms with Crippen LogP contribution >= 0.6 is 15.9 Å². The molecule has 18 heavy (non-hydrogen) atoms. The molecule has 2 N–H and O–H groups in total. The molecule has 0 aliphatic carbocycles. The van der Waals surface area contributed by atoms with E-state index in [-0.39, 0.29) is 11.2 Å². The molecule has 5 heteroatoms. The highest BCUT2D eigenvalue weighted by atomic mass is 79.9. The number of rotatable bonds is 6. The van der Waals surface area contributed by atoms with Crippen LogP contribution < -0.4 is 5.32 Å². The predicted molar refractivity (Wildman–Crippen MR) is 75.3 cm³/mol. The van der Waals surface area contributed by atoms with Gasteiger partial charge in [0.25, 0.3) is 0 Å². The van der Waals surface area contributed by atoms with Crippen LogP contribution in [0.1, 0.15) is 31.1 Å². The first kappa shape index (κ1) is 15.0. The first-order chi connectivity index (χ1) is 8.35. The van der Waals surface area contributed by atoms with Gasteiger partial charge in [0.15, 0.2) is 0 Å². The molecule has 100 valence electrons. The third-order valence-electron chi connectivity index (χ3n) is 2.45. The number of hydrogen-bond acceptors (Lipinski definition) is 3. The van der Waals surface area contributed by atoms with E-state index < -0.39 is 5.97 Å². The van der Waals surface area contributed by atoms with Gasteiger partial charge >= 0.3 is 5.97 Å². The van der Waals surface area contributed by atoms with Gasteiger partial charge in [-0.05, 0) is 39.0 Å². The number of anilines is 1. The number of ether oxygens (including phenoxy) is 1. The van der Waals surface area contributed by atoms with Crippen LogP contribution in [0.4, 0.5) is 5.69 Å². The van der Waals surface area contributed by atoms with Crippen LogP contribution in [0.2, 0.25) is 0 Å². The zero-order valence-electron chi connectivity index (χ0n) is 10.8. The lowest BCUT2D eigenvalue weighted by molar-refractivity contribution is 0.000659. The molecule has 0 spiro atoms. The van der Waals surface area contributed by atoms with E-state index in [0.29, 0.717) is 18.8 Å². The van der Waals surface area contributed by atoms with Gasteiger partial charge in [-0.25, -0.2) is 4.79 Å². The Kier molecular flexibility index (Phi) is 5.16. The van der Waals surface area contributed by atoms with E-state index in [1.807, 2.05) is 26.8 Å². The van der Waals surface area contributed by atoms with Crippen molar-refractivity contribution in [1.82, 2.24) is 0 Å². The van der Waals surface area contributed by atoms with Gasteiger partial charge in [-0.2, -0.15) is 0 Å². The minimum absolute atomic E-state index is 0.247. The average molecular weight is 316 g/mol. The molecule has 0 bridgehead atoms. The van der Waals surface area contributed by atoms with Gasteiger partial charge in [0.1, 0.15) is 0 Å². The van der Waals surface area contributed by atoms with Gasteiger partial charge in [-0.15, -0.1) is 0 Å². The van der Waals surface area contributed by atoms with Crippen molar-refractivity contribution >= 4 is 27.6 Å². The lowest BCUT2D eigenvalue weighted by Crippen LogP contribution is -2.33. The Hall–Kier alpha value is -1.07. The number of hydrogen-bond donors (Lipinski definition) is 2. The Balaban J connectivity index is 2.82. The van der Waals surface area contributed by atoms with Crippen LogP contribution in [0, 0.1) is 0 Å². The average Bonchev–Trinajstić information content (AvgIpc) is 2.27. The van der Waals surface area contributed by atoms with Crippen LogP contribution in [-0.4, -0.2) is 29.8 Å². The van der Waals surface area contributed by atoms with Gasteiger partial charge in [-0.1, -0.05) is 15.9 Å². The van der Waals surface area contributed by atoms with Crippen molar-refractivity contribution in [2.75, 3.05) is 18.5 Å². The second-order valence-corrected chi connectivity index (χ2v) is 5.46. The summed E-state index contributed by atoms with van der Waals surface area (Å²) in [5.41, 5.74) is 0.507. The Morgan fingerprint density at radius 3 is 2.72 bits per heavy atom. The van der Waals surface area contributed by atoms with Crippen molar-refractivity contribution in [3.05, 3.63) is 28.2 Å². The lowest BCUT2D eigenvalue weighted by Gasteiger charge is -2.25. The first-order valence-electron chi connectivity index (χ1n) is 5.76. The molecule has 0 amide bonds. The maximum Gasteiger partial charge on any atom is 0.337 e. The zero-order valence-corrected chi connectivity index (χ0v) is 12.4. The van der Waals surface area contributed by atoms with Gasteiger partial charge in [0, 0.05) is 23.3 Å². The molecular formula is C13H18BrNO3. The minimum Gasteiger partial charge on any atom is -0.478 e. The van der Waals surface area contributed by atoms with Gasteiger partial charge in [0.2, 0.25) is 0 Å². The second kappa shape index (κ2) is 6.20. The molecule has 0 aromatic heterocycles. The molecule has 0 aliphatic heterocycles. The maximum atomic E-state index is 11.1. The summed E-state index contributed by atoms with van der Waals surface area (Å²) in [4.78, 5) is 11.1. The van der Waals surface area contributed by atoms with E-state index >= 15 is 0 Å². The summed E-state index contributed by atoms with van der Waals surface area (Å²) in [7, 11) is 0. The molecule has 1 aromatic carbocycles. The highest BCUT2D eigenvalue weighted by Gasteiger charge is 2.19. The van der Waals surface area contributed by atoms with Crippen LogP contribution in [0.15, 0.2) is 22.7 Å². The fraction of sp³-hybridized carbons (Fsp3) is 0.462. The lowest BCUT2D eigenvalue weighted by atomic mass is 10.1. The molecule has 1 rings (SSSR count). The molecule has 0 saturated carbocycles. The standard InChI is InChI=1S/C13H18BrNO3/c1-4-18-13(2,3)8-15-11-6-5-9(14)7-10(11)12(16)17/h5-7,15H,4,8H2,1-3H3,(H,16,17). The highest BCUT2D eigenvalue weighted by Crippen LogP contribution is 2.22. The number of carboxylic acid groups (broad SMARTS) is 1. The van der Waals surface area contributed by atoms with Gasteiger partial charge in [-0.3, -0.25) is 0 Å². The molecule has 0 radical (unpaired) electrons. The summed E-state index contributed by atoms with van der Waals surface area (Å²) < 4.78 is 6.30. The van der Waals surface area contributed by atoms with Crippen LogP contribution in [0.5, 0.6) is 0 Å². The summed E-state index contributed by atoms with van der Waals surface area (Å²) in [6.07, 6.45) is 0. The van der Waals surface area contributed by atoms with E-state index in [1.165, 1.54) is 0 Å². The summed E-state index contributed by atoms with van der Waals surface area (Å²) in [6, 6.07) is 5.14. The smallest absolute Gasteiger partial charge is 0.337 e. The molecule has 0 saturated heterocycles. The monoisotopic (exact) mass is 315 g/mol. The molecule has 4 nitrogen and oxygen atoms in total. The first-order valence-corrected chi connectivity index (χ1v) is 6.55. The third-order valence-corrected chi connectivity index (χ3v) is 2.94. The van der Waals surface area contributed by atoms with Crippen molar-refractivity contribution in [1.29, 1.82) is 0 Å². The normalized spacial score (nSPS) is 11.3. The summed E-state index contributed by atoms with van der Waals surface area (Å²) >= 11 is 3.26. The van der Waals surface area contributed by atoms with Crippen LogP contribution in [0.25, 0.3) is 0 Å². The summed E-state index contributed by atoms with van der Waals surface area (Å²) in [5, 5.41) is 12.3. The third kappa shape index (κ3) is 4.31. The van der Waals surface area contributed by atoms with Crippen molar-refractivity contribution in [2.45, 2.75) is 26.4 Å². The molecular weight excluding hydrogens is 298 g/mol. The number of halogens is 1. The molecule has 0 aliphatic rings. The number of carboxylic acids is 1. The van der Waals surface area contributed by atoms with Crippen molar-refractivity contribution < 1.29 is 14.6 Å². The minimum atomic E-state index is -0.951. The highest BCUT2D eigenvalue weighted by molar-refractivity contribution is 9.10. The molecule has 0 atom stereocenters. The SMILES string of the molecule is CCOC(C)(C)CNc1ccc(Br)cc1C(=O)O. The molecule has 1 aromatic rings. The number of carbonyl (C=O) groups is 1.